The number of nitrogens with zero attached hydrogens (tertiary/aromatic N) is 2. The predicted octanol–water partition coefficient (Wildman–Crippen LogP) is 4.77. The van der Waals surface area contributed by atoms with Gasteiger partial charge >= 0.3 is 0 Å². The average molecular weight is 412 g/mol. The molecule has 0 aliphatic carbocycles. The van der Waals surface area contributed by atoms with Crippen molar-refractivity contribution in [2.45, 2.75) is 13.8 Å². The summed E-state index contributed by atoms with van der Waals surface area (Å²) in [5, 5.41) is 3.27. The molecule has 1 aliphatic rings. The molecular formula is C26H25N3O2. The minimum Gasteiger partial charge on any atom is -0.378 e. The van der Waals surface area contributed by atoms with E-state index in [1.807, 2.05) is 99.6 Å². The van der Waals surface area contributed by atoms with E-state index in [4.69, 9.17) is 0 Å². The molecule has 0 saturated heterocycles. The molecule has 0 bridgehead atoms. The molecule has 0 fully saturated rings. The van der Waals surface area contributed by atoms with Crippen LogP contribution >= 0.6 is 0 Å². The summed E-state index contributed by atoms with van der Waals surface area (Å²) in [7, 11) is 3.85. The van der Waals surface area contributed by atoms with E-state index in [0.717, 1.165) is 22.5 Å². The summed E-state index contributed by atoms with van der Waals surface area (Å²) in [5.74, 6) is -0.694. The summed E-state index contributed by atoms with van der Waals surface area (Å²) in [5.41, 5.74) is 5.80. The van der Waals surface area contributed by atoms with Crippen molar-refractivity contribution >= 4 is 34.4 Å². The smallest absolute Gasteiger partial charge is 0.282 e. The summed E-state index contributed by atoms with van der Waals surface area (Å²) >= 11 is 0. The second-order valence-electron chi connectivity index (χ2n) is 7.85. The molecule has 5 heteroatoms. The molecule has 1 heterocycles. The molecule has 2 amide bonds. The molecule has 0 radical (unpaired) electrons. The highest BCUT2D eigenvalue weighted by Crippen LogP contribution is 2.35. The minimum absolute atomic E-state index is 0.292. The summed E-state index contributed by atoms with van der Waals surface area (Å²) in [6.45, 7) is 4.02. The van der Waals surface area contributed by atoms with Gasteiger partial charge in [-0.05, 0) is 54.8 Å². The van der Waals surface area contributed by atoms with E-state index in [-0.39, 0.29) is 11.8 Å². The van der Waals surface area contributed by atoms with Crippen molar-refractivity contribution in [3.05, 3.63) is 95.2 Å². The molecule has 31 heavy (non-hydrogen) atoms. The van der Waals surface area contributed by atoms with Gasteiger partial charge in [-0.15, -0.1) is 0 Å². The first-order chi connectivity index (χ1) is 14.9. The molecule has 5 nitrogen and oxygen atoms in total. The zero-order valence-corrected chi connectivity index (χ0v) is 18.1. The van der Waals surface area contributed by atoms with Crippen molar-refractivity contribution in [1.82, 2.24) is 0 Å². The lowest BCUT2D eigenvalue weighted by Crippen LogP contribution is -2.32. The summed E-state index contributed by atoms with van der Waals surface area (Å²) < 4.78 is 0. The van der Waals surface area contributed by atoms with E-state index >= 15 is 0 Å². The number of anilines is 3. The van der Waals surface area contributed by atoms with Crippen LogP contribution in [-0.4, -0.2) is 25.9 Å². The fourth-order valence-electron chi connectivity index (χ4n) is 3.68. The van der Waals surface area contributed by atoms with Gasteiger partial charge in [0.2, 0.25) is 0 Å². The fourth-order valence-corrected chi connectivity index (χ4v) is 3.68. The number of carbonyl (C=O) groups is 2. The molecule has 0 spiro atoms. The van der Waals surface area contributed by atoms with Crippen molar-refractivity contribution in [1.29, 1.82) is 0 Å². The standard InChI is InChI=1S/C26H25N3O2/c1-17-10-8-15-22(18(17)2)27-24-23(19-11-6-5-7-12-19)25(30)29(26(24)31)21-14-9-13-20(16-21)28(3)4/h5-16,27H,1-4H3. The molecule has 0 aromatic heterocycles. The molecule has 3 aromatic carbocycles. The number of hydrogen-bond donors (Lipinski definition) is 1. The number of carbonyl (C=O) groups excluding carboxylic acids is 2. The quantitative estimate of drug-likeness (QED) is 0.615. The Labute approximate surface area is 182 Å². The highest BCUT2D eigenvalue weighted by Gasteiger charge is 2.40. The van der Waals surface area contributed by atoms with Crippen LogP contribution in [0, 0.1) is 13.8 Å². The van der Waals surface area contributed by atoms with Crippen LogP contribution in [0.15, 0.2) is 78.5 Å². The van der Waals surface area contributed by atoms with Crippen LogP contribution in [0.5, 0.6) is 0 Å². The monoisotopic (exact) mass is 411 g/mol. The number of hydrogen-bond acceptors (Lipinski definition) is 4. The van der Waals surface area contributed by atoms with Gasteiger partial charge in [-0.2, -0.15) is 0 Å². The van der Waals surface area contributed by atoms with Gasteiger partial charge in [0, 0.05) is 25.5 Å². The molecule has 4 rings (SSSR count). The molecular weight excluding hydrogens is 386 g/mol. The van der Waals surface area contributed by atoms with Gasteiger partial charge in [-0.25, -0.2) is 4.90 Å². The van der Waals surface area contributed by atoms with Crippen LogP contribution in [0.4, 0.5) is 17.1 Å². The van der Waals surface area contributed by atoms with Gasteiger partial charge in [-0.1, -0.05) is 48.5 Å². The van der Waals surface area contributed by atoms with Gasteiger partial charge < -0.3 is 10.2 Å². The maximum atomic E-state index is 13.6. The Morgan fingerprint density at radius 2 is 1.52 bits per heavy atom. The van der Waals surface area contributed by atoms with Crippen LogP contribution < -0.4 is 15.1 Å². The highest BCUT2D eigenvalue weighted by molar-refractivity contribution is 6.46. The van der Waals surface area contributed by atoms with Crippen molar-refractivity contribution in [2.75, 3.05) is 29.2 Å². The molecule has 156 valence electrons. The van der Waals surface area contributed by atoms with Gasteiger partial charge in [0.25, 0.3) is 11.8 Å². The van der Waals surface area contributed by atoms with Crippen molar-refractivity contribution in [3.63, 3.8) is 0 Å². The second-order valence-corrected chi connectivity index (χ2v) is 7.85. The Bertz CT molecular complexity index is 1200. The third-order valence-corrected chi connectivity index (χ3v) is 5.62. The third kappa shape index (κ3) is 3.70. The van der Waals surface area contributed by atoms with E-state index in [2.05, 4.69) is 5.32 Å². The van der Waals surface area contributed by atoms with Crippen LogP contribution in [0.25, 0.3) is 5.57 Å². The summed E-state index contributed by atoms with van der Waals surface area (Å²) in [6.07, 6.45) is 0. The average Bonchev–Trinajstić information content (AvgIpc) is 3.01. The summed E-state index contributed by atoms with van der Waals surface area (Å²) in [4.78, 5) is 30.3. The van der Waals surface area contributed by atoms with Gasteiger partial charge in [0.15, 0.2) is 0 Å². The summed E-state index contributed by atoms with van der Waals surface area (Å²) in [6, 6.07) is 22.6. The molecule has 0 atom stereocenters. The van der Waals surface area contributed by atoms with E-state index in [1.165, 1.54) is 4.90 Å². The Balaban J connectivity index is 1.83. The van der Waals surface area contributed by atoms with Gasteiger partial charge in [0.1, 0.15) is 5.70 Å². The van der Waals surface area contributed by atoms with Gasteiger partial charge in [-0.3, -0.25) is 9.59 Å². The number of amides is 2. The van der Waals surface area contributed by atoms with Crippen molar-refractivity contribution < 1.29 is 9.59 Å². The Kier molecular flexibility index (Phi) is 5.34. The number of benzene rings is 3. The molecule has 1 N–H and O–H groups in total. The second kappa shape index (κ2) is 8.11. The minimum atomic E-state index is -0.360. The van der Waals surface area contributed by atoms with E-state index in [1.54, 1.807) is 6.07 Å². The van der Waals surface area contributed by atoms with Crippen LogP contribution in [0.2, 0.25) is 0 Å². The molecule has 0 saturated carbocycles. The number of nitrogens with one attached hydrogen (secondary N) is 1. The Hall–Kier alpha value is -3.86. The molecule has 0 unspecified atom stereocenters. The number of rotatable bonds is 5. The third-order valence-electron chi connectivity index (χ3n) is 5.62. The normalized spacial score (nSPS) is 13.7. The fraction of sp³-hybridized carbons (Fsp3) is 0.154. The SMILES string of the molecule is Cc1cccc(NC2=C(c3ccccc3)C(=O)N(c3cccc(N(C)C)c3)C2=O)c1C. The number of aryl methyl sites for hydroxylation is 1. The van der Waals surface area contributed by atoms with Crippen LogP contribution in [0.3, 0.4) is 0 Å². The van der Waals surface area contributed by atoms with E-state index in [9.17, 15) is 9.59 Å². The lowest BCUT2D eigenvalue weighted by Gasteiger charge is -2.19. The zero-order chi connectivity index (χ0) is 22.1. The topological polar surface area (TPSA) is 52.7 Å². The zero-order valence-electron chi connectivity index (χ0n) is 18.1. The van der Waals surface area contributed by atoms with E-state index < -0.39 is 0 Å². The Morgan fingerprint density at radius 3 is 2.23 bits per heavy atom. The maximum Gasteiger partial charge on any atom is 0.282 e. The highest BCUT2D eigenvalue weighted by atomic mass is 16.2. The lowest BCUT2D eigenvalue weighted by molar-refractivity contribution is -0.120. The maximum absolute atomic E-state index is 13.6. The number of imide groups is 1. The predicted molar refractivity (Wildman–Crippen MR) is 126 cm³/mol. The lowest BCUT2D eigenvalue weighted by atomic mass is 10.0. The van der Waals surface area contributed by atoms with Crippen LogP contribution in [-0.2, 0) is 9.59 Å². The van der Waals surface area contributed by atoms with Crippen molar-refractivity contribution in [3.8, 4) is 0 Å². The largest absolute Gasteiger partial charge is 0.378 e. The van der Waals surface area contributed by atoms with Crippen LogP contribution in [0.1, 0.15) is 16.7 Å². The van der Waals surface area contributed by atoms with Gasteiger partial charge in [0.05, 0.1) is 11.3 Å². The van der Waals surface area contributed by atoms with Crippen molar-refractivity contribution in [2.24, 2.45) is 0 Å². The van der Waals surface area contributed by atoms with E-state index in [0.29, 0.717) is 22.5 Å². The Morgan fingerprint density at radius 1 is 0.806 bits per heavy atom. The first-order valence-corrected chi connectivity index (χ1v) is 10.2. The first kappa shape index (κ1) is 20.4. The molecule has 3 aromatic rings. The molecule has 1 aliphatic heterocycles. The first-order valence-electron chi connectivity index (χ1n) is 10.2.